The summed E-state index contributed by atoms with van der Waals surface area (Å²) >= 11 is 0. The van der Waals surface area contributed by atoms with E-state index in [9.17, 15) is 8.42 Å². The molecule has 0 heterocycles. The average molecular weight is 401 g/mol. The summed E-state index contributed by atoms with van der Waals surface area (Å²) in [5.41, 5.74) is 0. The van der Waals surface area contributed by atoms with Crippen molar-refractivity contribution >= 4 is 10.1 Å². The summed E-state index contributed by atoms with van der Waals surface area (Å²) in [4.78, 5) is 0. The van der Waals surface area contributed by atoms with E-state index in [1.807, 2.05) is 0 Å². The van der Waals surface area contributed by atoms with E-state index in [-0.39, 0.29) is 36.7 Å². The molecule has 3 nitrogen and oxygen atoms in total. The third-order valence-electron chi connectivity index (χ3n) is 4.76. The van der Waals surface area contributed by atoms with Crippen molar-refractivity contribution in [3.8, 4) is 0 Å². The van der Waals surface area contributed by atoms with E-state index < -0.39 is 10.1 Å². The molecule has 0 aromatic carbocycles. The zero-order valence-electron chi connectivity index (χ0n) is 19.1. The third-order valence-corrected chi connectivity index (χ3v) is 6.07. The summed E-state index contributed by atoms with van der Waals surface area (Å²) in [5, 5.41) is 0. The number of rotatable bonds is 20. The Morgan fingerprint density at radius 1 is 0.577 bits per heavy atom. The molecule has 0 fully saturated rings. The van der Waals surface area contributed by atoms with Gasteiger partial charge in [-0.3, -0.25) is 4.18 Å². The van der Waals surface area contributed by atoms with Gasteiger partial charge >= 0.3 is 29.6 Å². The van der Waals surface area contributed by atoms with Crippen LogP contribution in [0, 0.1) is 0 Å². The molecule has 0 rings (SSSR count). The van der Waals surface area contributed by atoms with Crippen molar-refractivity contribution in [2.45, 2.75) is 123 Å². The van der Waals surface area contributed by atoms with Crippen molar-refractivity contribution in [3.05, 3.63) is 0 Å². The molecule has 0 radical (unpaired) electrons. The molecule has 0 aliphatic rings. The van der Waals surface area contributed by atoms with E-state index in [4.69, 9.17) is 4.18 Å². The molecule has 5 heteroatoms. The topological polar surface area (TPSA) is 43.4 Å². The molecule has 154 valence electrons. The van der Waals surface area contributed by atoms with E-state index in [1.54, 1.807) is 0 Å². The SMILES string of the molecule is CCCCCCCCCCCCCCCCOS(=O)(=O)CCCCC.[H-].[Na+]. The van der Waals surface area contributed by atoms with Crippen LogP contribution in [0.2, 0.25) is 0 Å². The molecule has 0 saturated heterocycles. The molecule has 0 atom stereocenters. The molecular formula is C21H45NaO3S. The van der Waals surface area contributed by atoms with Crippen LogP contribution in [0.4, 0.5) is 0 Å². The predicted octanol–water partition coefficient (Wildman–Crippen LogP) is 4.12. The van der Waals surface area contributed by atoms with E-state index in [0.717, 1.165) is 32.1 Å². The van der Waals surface area contributed by atoms with Gasteiger partial charge in [0.15, 0.2) is 0 Å². The first kappa shape index (κ1) is 29.1. The van der Waals surface area contributed by atoms with Crippen LogP contribution in [0.25, 0.3) is 0 Å². The second-order valence-corrected chi connectivity index (χ2v) is 9.15. The second kappa shape index (κ2) is 22.2. The van der Waals surface area contributed by atoms with Crippen LogP contribution in [-0.4, -0.2) is 20.8 Å². The average Bonchev–Trinajstić information content (AvgIpc) is 2.58. The van der Waals surface area contributed by atoms with Crippen LogP contribution < -0.4 is 29.6 Å². The van der Waals surface area contributed by atoms with Crippen LogP contribution in [0.1, 0.15) is 124 Å². The molecule has 0 saturated carbocycles. The molecule has 0 aliphatic heterocycles. The Hall–Kier alpha value is 0.910. The van der Waals surface area contributed by atoms with Crippen LogP contribution in [0.3, 0.4) is 0 Å². The first-order valence-corrected chi connectivity index (χ1v) is 12.6. The number of hydrogen-bond acceptors (Lipinski definition) is 3. The quantitative estimate of drug-likeness (QED) is 0.175. The summed E-state index contributed by atoms with van der Waals surface area (Å²) in [6, 6.07) is 0. The zero-order valence-corrected chi connectivity index (χ0v) is 20.9. The molecule has 0 N–H and O–H groups in total. The standard InChI is InChI=1S/C21H44O3S.Na.H/c1-3-5-7-8-9-10-11-12-13-14-15-16-17-18-20-24-25(22,23)21-19-6-4-2;;/h3-21H2,1-2H3;;/q;+1;-1. The van der Waals surface area contributed by atoms with E-state index >= 15 is 0 Å². The molecule has 0 aromatic rings. The summed E-state index contributed by atoms with van der Waals surface area (Å²) < 4.78 is 28.3. The monoisotopic (exact) mass is 400 g/mol. The Balaban J connectivity index is -0.00000288. The summed E-state index contributed by atoms with van der Waals surface area (Å²) in [6.07, 6.45) is 21.0. The van der Waals surface area contributed by atoms with Crippen molar-refractivity contribution < 1.29 is 43.6 Å². The van der Waals surface area contributed by atoms with Crippen molar-refractivity contribution in [1.82, 2.24) is 0 Å². The predicted molar refractivity (Wildman–Crippen MR) is 111 cm³/mol. The molecular weight excluding hydrogens is 355 g/mol. The van der Waals surface area contributed by atoms with E-state index in [2.05, 4.69) is 13.8 Å². The molecule has 0 aliphatic carbocycles. The maximum absolute atomic E-state index is 11.6. The minimum Gasteiger partial charge on any atom is -1.00 e. The van der Waals surface area contributed by atoms with Gasteiger partial charge in [0.05, 0.1) is 12.4 Å². The van der Waals surface area contributed by atoms with Crippen LogP contribution >= 0.6 is 0 Å². The van der Waals surface area contributed by atoms with Crippen molar-refractivity contribution in [1.29, 1.82) is 0 Å². The summed E-state index contributed by atoms with van der Waals surface area (Å²) in [6.45, 7) is 4.71. The molecule has 0 amide bonds. The number of unbranched alkanes of at least 4 members (excludes halogenated alkanes) is 15. The molecule has 0 bridgehead atoms. The second-order valence-electron chi connectivity index (χ2n) is 7.39. The Morgan fingerprint density at radius 3 is 1.35 bits per heavy atom. The van der Waals surface area contributed by atoms with Gasteiger partial charge in [-0.15, -0.1) is 0 Å². The Labute approximate surface area is 188 Å². The van der Waals surface area contributed by atoms with Gasteiger partial charge in [-0.1, -0.05) is 110 Å². The van der Waals surface area contributed by atoms with Gasteiger partial charge < -0.3 is 1.43 Å². The fourth-order valence-corrected chi connectivity index (χ4v) is 4.12. The van der Waals surface area contributed by atoms with Gasteiger partial charge in [0.1, 0.15) is 0 Å². The molecule has 26 heavy (non-hydrogen) atoms. The van der Waals surface area contributed by atoms with Crippen molar-refractivity contribution in [2.75, 3.05) is 12.4 Å². The maximum atomic E-state index is 11.6. The first-order valence-electron chi connectivity index (χ1n) is 11.0. The van der Waals surface area contributed by atoms with Gasteiger partial charge in [-0.2, -0.15) is 8.42 Å². The van der Waals surface area contributed by atoms with Crippen molar-refractivity contribution in [3.63, 3.8) is 0 Å². The Kier molecular flexibility index (Phi) is 24.9. The minimum atomic E-state index is -3.27. The van der Waals surface area contributed by atoms with Gasteiger partial charge in [-0.05, 0) is 12.8 Å². The van der Waals surface area contributed by atoms with Gasteiger partial charge in [0, 0.05) is 0 Å². The van der Waals surface area contributed by atoms with E-state index in [1.165, 1.54) is 77.0 Å². The number of hydrogen-bond donors (Lipinski definition) is 0. The molecule has 0 spiro atoms. The van der Waals surface area contributed by atoms with Crippen LogP contribution in [0.5, 0.6) is 0 Å². The first-order chi connectivity index (χ1) is 12.1. The van der Waals surface area contributed by atoms with Crippen LogP contribution in [0.15, 0.2) is 0 Å². The summed E-state index contributed by atoms with van der Waals surface area (Å²) in [5.74, 6) is 0.180. The largest absolute Gasteiger partial charge is 1.00 e. The van der Waals surface area contributed by atoms with E-state index in [0.29, 0.717) is 6.61 Å². The smallest absolute Gasteiger partial charge is 1.00 e. The minimum absolute atomic E-state index is 0. The van der Waals surface area contributed by atoms with Gasteiger partial charge in [0.25, 0.3) is 10.1 Å². The summed E-state index contributed by atoms with van der Waals surface area (Å²) in [7, 11) is -3.27. The van der Waals surface area contributed by atoms with Crippen LogP contribution in [-0.2, 0) is 14.3 Å². The fourth-order valence-electron chi connectivity index (χ4n) is 3.07. The normalized spacial score (nSPS) is 11.5. The van der Waals surface area contributed by atoms with Gasteiger partial charge in [-0.25, -0.2) is 0 Å². The fraction of sp³-hybridized carbons (Fsp3) is 1.00. The Bertz CT molecular complexity index is 364. The van der Waals surface area contributed by atoms with Gasteiger partial charge in [0.2, 0.25) is 0 Å². The third kappa shape index (κ3) is 23.0. The maximum Gasteiger partial charge on any atom is 1.00 e. The zero-order chi connectivity index (χ0) is 18.6. The van der Waals surface area contributed by atoms with Crippen molar-refractivity contribution in [2.24, 2.45) is 0 Å². The molecule has 0 aromatic heterocycles. The Morgan fingerprint density at radius 2 is 0.923 bits per heavy atom. The molecule has 0 unspecified atom stereocenters.